The third kappa shape index (κ3) is 3.39. The molecule has 1 aromatic carbocycles. The van der Waals surface area contributed by atoms with E-state index in [0.717, 1.165) is 0 Å². The summed E-state index contributed by atoms with van der Waals surface area (Å²) in [5.41, 5.74) is 0.853. The Labute approximate surface area is 104 Å². The van der Waals surface area contributed by atoms with Crippen LogP contribution < -0.4 is 5.32 Å². The summed E-state index contributed by atoms with van der Waals surface area (Å²) in [5.74, 6) is -1.71. The molecule has 17 heavy (non-hydrogen) atoms. The minimum absolute atomic E-state index is 0.00107. The molecular weight excluding hydrogens is 242 g/mol. The first kappa shape index (κ1) is 13.4. The van der Waals surface area contributed by atoms with Crippen LogP contribution in [0.2, 0.25) is 0 Å². The fourth-order valence-corrected chi connectivity index (χ4v) is 1.43. The molecular formula is C11H13NO4S. The van der Waals surface area contributed by atoms with E-state index in [4.69, 9.17) is 5.11 Å². The summed E-state index contributed by atoms with van der Waals surface area (Å²) in [6.07, 6.45) is 0. The average molecular weight is 255 g/mol. The lowest BCUT2D eigenvalue weighted by molar-refractivity contribution is -0.138. The highest BCUT2D eigenvalue weighted by Crippen LogP contribution is 2.17. The van der Waals surface area contributed by atoms with Crippen molar-refractivity contribution in [2.75, 3.05) is 5.75 Å². The lowest BCUT2D eigenvalue weighted by atomic mass is 10.1. The largest absolute Gasteiger partial charge is 0.508 e. The number of aromatic hydroxyl groups is 1. The minimum Gasteiger partial charge on any atom is -0.508 e. The van der Waals surface area contributed by atoms with Gasteiger partial charge >= 0.3 is 5.97 Å². The van der Waals surface area contributed by atoms with Crippen molar-refractivity contribution in [2.45, 2.75) is 13.0 Å². The molecule has 3 N–H and O–H groups in total. The van der Waals surface area contributed by atoms with Gasteiger partial charge in [-0.3, -0.25) is 4.79 Å². The molecule has 0 fully saturated rings. The highest BCUT2D eigenvalue weighted by Gasteiger charge is 2.19. The molecule has 0 bridgehead atoms. The number of phenols is 1. The van der Waals surface area contributed by atoms with E-state index in [2.05, 4.69) is 17.9 Å². The minimum atomic E-state index is -1.15. The summed E-state index contributed by atoms with van der Waals surface area (Å²) in [4.78, 5) is 22.4. The Bertz CT molecular complexity index is 447. The average Bonchev–Trinajstić information content (AvgIpc) is 2.28. The number of hydrogen-bond donors (Lipinski definition) is 4. The van der Waals surface area contributed by atoms with Crippen LogP contribution in [0.4, 0.5) is 0 Å². The van der Waals surface area contributed by atoms with E-state index in [-0.39, 0.29) is 17.1 Å². The molecule has 6 heteroatoms. The van der Waals surface area contributed by atoms with Crippen LogP contribution in [0.15, 0.2) is 18.2 Å². The van der Waals surface area contributed by atoms with Gasteiger partial charge in [-0.2, -0.15) is 12.6 Å². The van der Waals surface area contributed by atoms with E-state index in [0.29, 0.717) is 5.56 Å². The normalized spacial score (nSPS) is 11.9. The Morgan fingerprint density at radius 3 is 2.59 bits per heavy atom. The molecule has 1 unspecified atom stereocenters. The maximum atomic E-state index is 11.7. The molecule has 0 radical (unpaired) electrons. The zero-order valence-corrected chi connectivity index (χ0v) is 10.1. The number of nitrogens with one attached hydrogen (secondary N) is 1. The zero-order chi connectivity index (χ0) is 13.0. The van der Waals surface area contributed by atoms with Crippen molar-refractivity contribution in [3.8, 4) is 5.75 Å². The zero-order valence-electron chi connectivity index (χ0n) is 9.17. The van der Waals surface area contributed by atoms with Gasteiger partial charge in [0.15, 0.2) is 0 Å². The monoisotopic (exact) mass is 255 g/mol. The van der Waals surface area contributed by atoms with Crippen LogP contribution in [-0.2, 0) is 4.79 Å². The van der Waals surface area contributed by atoms with Gasteiger partial charge in [0.25, 0.3) is 5.91 Å². The topological polar surface area (TPSA) is 86.6 Å². The number of carboxylic acids is 1. The second kappa shape index (κ2) is 5.58. The number of carboxylic acid groups (broad SMARTS) is 1. The van der Waals surface area contributed by atoms with E-state index in [1.54, 1.807) is 13.0 Å². The summed E-state index contributed by atoms with van der Waals surface area (Å²) in [6, 6.07) is 3.35. The highest BCUT2D eigenvalue weighted by molar-refractivity contribution is 7.80. The number of carbonyl (C=O) groups is 2. The van der Waals surface area contributed by atoms with Crippen molar-refractivity contribution in [3.05, 3.63) is 29.3 Å². The standard InChI is InChI=1S/C11H13NO4S/c1-6-2-3-7(4-9(6)13)10(14)12-8(5-17)11(15)16/h2-4,8,13,17H,5H2,1H3,(H,12,14)(H,15,16). The van der Waals surface area contributed by atoms with Crippen LogP contribution in [-0.4, -0.2) is 33.9 Å². The number of phenolic OH excluding ortho intramolecular Hbond substituents is 1. The molecule has 0 aromatic heterocycles. The number of thiol groups is 1. The van der Waals surface area contributed by atoms with Gasteiger partial charge in [-0.1, -0.05) is 6.07 Å². The SMILES string of the molecule is Cc1ccc(C(=O)NC(CS)C(=O)O)cc1O. The second-order valence-corrected chi connectivity index (χ2v) is 3.91. The van der Waals surface area contributed by atoms with Gasteiger partial charge in [0, 0.05) is 11.3 Å². The summed E-state index contributed by atoms with van der Waals surface area (Å²) in [7, 11) is 0. The molecule has 0 aliphatic carbocycles. The van der Waals surface area contributed by atoms with Crippen molar-refractivity contribution in [1.82, 2.24) is 5.32 Å². The number of aliphatic carboxylic acids is 1. The van der Waals surface area contributed by atoms with Crippen LogP contribution in [0.25, 0.3) is 0 Å². The quantitative estimate of drug-likeness (QED) is 0.600. The van der Waals surface area contributed by atoms with Crippen molar-refractivity contribution < 1.29 is 19.8 Å². The molecule has 92 valence electrons. The van der Waals surface area contributed by atoms with E-state index in [1.165, 1.54) is 12.1 Å². The van der Waals surface area contributed by atoms with Gasteiger partial charge in [0.2, 0.25) is 0 Å². The van der Waals surface area contributed by atoms with E-state index in [1.807, 2.05) is 0 Å². The second-order valence-electron chi connectivity index (χ2n) is 3.55. The summed E-state index contributed by atoms with van der Waals surface area (Å²) in [5, 5.41) is 20.5. The van der Waals surface area contributed by atoms with Crippen LogP contribution in [0.5, 0.6) is 5.75 Å². The summed E-state index contributed by atoms with van der Waals surface area (Å²) < 4.78 is 0. The van der Waals surface area contributed by atoms with Crippen molar-refractivity contribution in [3.63, 3.8) is 0 Å². The van der Waals surface area contributed by atoms with Crippen LogP contribution in [0.1, 0.15) is 15.9 Å². The Morgan fingerprint density at radius 1 is 1.47 bits per heavy atom. The van der Waals surface area contributed by atoms with Gasteiger partial charge < -0.3 is 15.5 Å². The van der Waals surface area contributed by atoms with Crippen LogP contribution in [0, 0.1) is 6.92 Å². The number of aryl methyl sites for hydroxylation is 1. The van der Waals surface area contributed by atoms with E-state index >= 15 is 0 Å². The fourth-order valence-electron chi connectivity index (χ4n) is 1.18. The number of hydrogen-bond acceptors (Lipinski definition) is 4. The molecule has 1 rings (SSSR count). The predicted octanol–water partition coefficient (Wildman–Crippen LogP) is 0.813. The molecule has 0 saturated carbocycles. The fraction of sp³-hybridized carbons (Fsp3) is 0.273. The molecule has 1 amide bonds. The summed E-state index contributed by atoms with van der Waals surface area (Å²) >= 11 is 3.83. The number of amides is 1. The number of benzene rings is 1. The van der Waals surface area contributed by atoms with Crippen molar-refractivity contribution in [2.24, 2.45) is 0 Å². The maximum absolute atomic E-state index is 11.7. The third-order valence-corrected chi connectivity index (χ3v) is 2.62. The molecule has 0 aliphatic heterocycles. The highest BCUT2D eigenvalue weighted by atomic mass is 32.1. The molecule has 1 aromatic rings. The Hall–Kier alpha value is -1.69. The number of carbonyl (C=O) groups excluding carboxylic acids is 1. The van der Waals surface area contributed by atoms with Gasteiger partial charge in [-0.25, -0.2) is 4.79 Å². The summed E-state index contributed by atoms with van der Waals surface area (Å²) in [6.45, 7) is 1.70. The Kier molecular flexibility index (Phi) is 4.39. The lowest BCUT2D eigenvalue weighted by Gasteiger charge is -2.12. The van der Waals surface area contributed by atoms with Crippen molar-refractivity contribution >= 4 is 24.5 Å². The van der Waals surface area contributed by atoms with E-state index < -0.39 is 17.9 Å². The van der Waals surface area contributed by atoms with Gasteiger partial charge in [-0.05, 0) is 24.6 Å². The molecule has 0 saturated heterocycles. The number of rotatable bonds is 4. The third-order valence-electron chi connectivity index (χ3n) is 2.26. The predicted molar refractivity (Wildman–Crippen MR) is 65.6 cm³/mol. The lowest BCUT2D eigenvalue weighted by Crippen LogP contribution is -2.42. The van der Waals surface area contributed by atoms with Gasteiger partial charge in [-0.15, -0.1) is 0 Å². The smallest absolute Gasteiger partial charge is 0.327 e. The molecule has 5 nitrogen and oxygen atoms in total. The molecule has 0 spiro atoms. The van der Waals surface area contributed by atoms with Gasteiger partial charge in [0.05, 0.1) is 0 Å². The Morgan fingerprint density at radius 2 is 2.12 bits per heavy atom. The molecule has 0 heterocycles. The van der Waals surface area contributed by atoms with E-state index in [9.17, 15) is 14.7 Å². The first-order chi connectivity index (χ1) is 7.95. The Balaban J connectivity index is 2.82. The van der Waals surface area contributed by atoms with Crippen LogP contribution >= 0.6 is 12.6 Å². The van der Waals surface area contributed by atoms with Gasteiger partial charge in [0.1, 0.15) is 11.8 Å². The van der Waals surface area contributed by atoms with Crippen molar-refractivity contribution in [1.29, 1.82) is 0 Å². The first-order valence-electron chi connectivity index (χ1n) is 4.90. The molecule has 1 atom stereocenters. The maximum Gasteiger partial charge on any atom is 0.327 e. The first-order valence-corrected chi connectivity index (χ1v) is 5.53. The molecule has 0 aliphatic rings. The van der Waals surface area contributed by atoms with Crippen LogP contribution in [0.3, 0.4) is 0 Å².